The van der Waals surface area contributed by atoms with Crippen molar-refractivity contribution in [3.05, 3.63) is 0 Å². The summed E-state index contributed by atoms with van der Waals surface area (Å²) >= 11 is 0. The number of carbonyl (C=O) groups is 1. The lowest BCUT2D eigenvalue weighted by Gasteiger charge is -2.12. The minimum absolute atomic E-state index is 0.311. The molecule has 0 fully saturated rings. The van der Waals surface area contributed by atoms with E-state index in [4.69, 9.17) is 4.74 Å². The molecule has 0 amide bonds. The molecule has 0 bridgehead atoms. The Morgan fingerprint density at radius 2 is 1.53 bits per heavy atom. The number of carbonyl (C=O) groups excluding carboxylic acids is 1. The summed E-state index contributed by atoms with van der Waals surface area (Å²) in [4.78, 5) is 11.4. The molecule has 1 unspecified atom stereocenters. The zero-order chi connectivity index (χ0) is 14.5. The Kier molecular flexibility index (Phi) is 12.1. The van der Waals surface area contributed by atoms with Gasteiger partial charge in [0.15, 0.2) is 6.10 Å². The second kappa shape index (κ2) is 12.5. The van der Waals surface area contributed by atoms with Gasteiger partial charge in [0.2, 0.25) is 0 Å². The fraction of sp³-hybridized carbons (Fsp3) is 0.938. The third-order valence-corrected chi connectivity index (χ3v) is 3.21. The highest BCUT2D eigenvalue weighted by atomic mass is 16.5. The molecule has 1 N–H and O–H groups in total. The topological polar surface area (TPSA) is 46.5 Å². The van der Waals surface area contributed by atoms with Gasteiger partial charge < -0.3 is 9.84 Å². The summed E-state index contributed by atoms with van der Waals surface area (Å²) in [7, 11) is 0. The van der Waals surface area contributed by atoms with Gasteiger partial charge >= 0.3 is 5.97 Å². The molecule has 0 saturated carbocycles. The third-order valence-electron chi connectivity index (χ3n) is 3.21. The lowest BCUT2D eigenvalue weighted by molar-refractivity contribution is -0.154. The first-order valence-electron chi connectivity index (χ1n) is 7.92. The fourth-order valence-corrected chi connectivity index (χ4v) is 2.05. The largest absolute Gasteiger partial charge is 0.464 e. The smallest absolute Gasteiger partial charge is 0.334 e. The molecule has 1 atom stereocenters. The van der Waals surface area contributed by atoms with Crippen molar-refractivity contribution in [2.45, 2.75) is 84.7 Å². The highest BCUT2D eigenvalue weighted by Gasteiger charge is 2.17. The van der Waals surface area contributed by atoms with Crippen molar-refractivity contribution in [2.24, 2.45) is 5.92 Å². The Balaban J connectivity index is 3.32. The number of hydrogen-bond acceptors (Lipinski definition) is 3. The molecule has 0 aromatic heterocycles. The molecule has 19 heavy (non-hydrogen) atoms. The zero-order valence-corrected chi connectivity index (χ0v) is 13.0. The van der Waals surface area contributed by atoms with Gasteiger partial charge in [-0.1, -0.05) is 65.7 Å². The van der Waals surface area contributed by atoms with E-state index in [0.717, 1.165) is 12.8 Å². The van der Waals surface area contributed by atoms with Crippen molar-refractivity contribution in [1.29, 1.82) is 0 Å². The number of hydrogen-bond donors (Lipinski definition) is 1. The van der Waals surface area contributed by atoms with Gasteiger partial charge in [-0.3, -0.25) is 0 Å². The second-order valence-corrected chi connectivity index (χ2v) is 5.79. The van der Waals surface area contributed by atoms with Crippen molar-refractivity contribution in [2.75, 3.05) is 6.61 Å². The van der Waals surface area contributed by atoms with Gasteiger partial charge in [0, 0.05) is 0 Å². The summed E-state index contributed by atoms with van der Waals surface area (Å²) in [5, 5.41) is 9.54. The van der Waals surface area contributed by atoms with Crippen LogP contribution in [-0.2, 0) is 9.53 Å². The van der Waals surface area contributed by atoms with Crippen LogP contribution in [0.2, 0.25) is 0 Å². The number of aliphatic hydroxyl groups excluding tert-OH is 1. The normalized spacial score (nSPS) is 12.7. The van der Waals surface area contributed by atoms with Crippen LogP contribution in [0.5, 0.6) is 0 Å². The summed E-state index contributed by atoms with van der Waals surface area (Å²) in [5.41, 5.74) is 0. The quantitative estimate of drug-likeness (QED) is 0.430. The standard InChI is InChI=1S/C16H32O3/c1-4-5-6-7-8-9-10-11-12-19-16(18)15(17)13-14(2)3/h14-15,17H,4-13H2,1-3H3. The SMILES string of the molecule is CCCCCCCCCCOC(=O)C(O)CC(C)C. The van der Waals surface area contributed by atoms with Gasteiger partial charge in [-0.05, 0) is 18.8 Å². The predicted octanol–water partition coefficient (Wildman–Crippen LogP) is 4.08. The first kappa shape index (κ1) is 18.4. The van der Waals surface area contributed by atoms with E-state index in [2.05, 4.69) is 6.92 Å². The molecule has 0 aromatic rings. The monoisotopic (exact) mass is 272 g/mol. The maximum atomic E-state index is 11.4. The fourth-order valence-electron chi connectivity index (χ4n) is 2.05. The molecule has 0 heterocycles. The van der Waals surface area contributed by atoms with Gasteiger partial charge in [0.25, 0.3) is 0 Å². The molecule has 3 heteroatoms. The minimum atomic E-state index is -0.950. The molecule has 0 aliphatic rings. The Morgan fingerprint density at radius 1 is 1.00 bits per heavy atom. The van der Waals surface area contributed by atoms with Crippen LogP contribution >= 0.6 is 0 Å². The Morgan fingerprint density at radius 3 is 2.05 bits per heavy atom. The van der Waals surface area contributed by atoms with Gasteiger partial charge in [-0.15, -0.1) is 0 Å². The Hall–Kier alpha value is -0.570. The van der Waals surface area contributed by atoms with Crippen molar-refractivity contribution in [1.82, 2.24) is 0 Å². The number of aliphatic hydroxyl groups is 1. The number of ether oxygens (including phenoxy) is 1. The van der Waals surface area contributed by atoms with Gasteiger partial charge in [0.05, 0.1) is 6.61 Å². The van der Waals surface area contributed by atoms with Crippen molar-refractivity contribution in [3.63, 3.8) is 0 Å². The van der Waals surface area contributed by atoms with Crippen LogP contribution in [0.4, 0.5) is 0 Å². The molecular weight excluding hydrogens is 240 g/mol. The van der Waals surface area contributed by atoms with E-state index in [0.29, 0.717) is 18.9 Å². The summed E-state index contributed by atoms with van der Waals surface area (Å²) in [5.74, 6) is -0.151. The minimum Gasteiger partial charge on any atom is -0.464 e. The van der Waals surface area contributed by atoms with E-state index in [9.17, 15) is 9.90 Å². The van der Waals surface area contributed by atoms with Crippen molar-refractivity contribution in [3.8, 4) is 0 Å². The predicted molar refractivity (Wildman–Crippen MR) is 79.0 cm³/mol. The summed E-state index contributed by atoms with van der Waals surface area (Å²) in [6.07, 6.45) is 9.34. The van der Waals surface area contributed by atoms with Crippen LogP contribution in [0.3, 0.4) is 0 Å². The molecule has 114 valence electrons. The maximum Gasteiger partial charge on any atom is 0.334 e. The van der Waals surface area contributed by atoms with Crippen LogP contribution in [0, 0.1) is 5.92 Å². The van der Waals surface area contributed by atoms with Crippen LogP contribution in [-0.4, -0.2) is 23.8 Å². The van der Waals surface area contributed by atoms with Crippen molar-refractivity contribution < 1.29 is 14.6 Å². The van der Waals surface area contributed by atoms with Gasteiger partial charge in [-0.25, -0.2) is 4.79 Å². The molecule has 0 saturated heterocycles. The van der Waals surface area contributed by atoms with E-state index in [1.807, 2.05) is 13.8 Å². The zero-order valence-electron chi connectivity index (χ0n) is 13.0. The summed E-state index contributed by atoms with van der Waals surface area (Å²) in [6.45, 7) is 6.63. The van der Waals surface area contributed by atoms with Crippen molar-refractivity contribution >= 4 is 5.97 Å². The first-order valence-corrected chi connectivity index (χ1v) is 7.92. The molecule has 3 nitrogen and oxygen atoms in total. The van der Waals surface area contributed by atoms with Crippen LogP contribution in [0.25, 0.3) is 0 Å². The maximum absolute atomic E-state index is 11.4. The van der Waals surface area contributed by atoms with E-state index in [1.165, 1.54) is 38.5 Å². The van der Waals surface area contributed by atoms with Gasteiger partial charge in [0.1, 0.15) is 0 Å². The molecule has 0 aliphatic carbocycles. The molecule has 0 radical (unpaired) electrons. The first-order chi connectivity index (χ1) is 9.07. The molecule has 0 rings (SSSR count). The number of unbranched alkanes of at least 4 members (excludes halogenated alkanes) is 7. The number of rotatable bonds is 12. The summed E-state index contributed by atoms with van der Waals surface area (Å²) < 4.78 is 5.06. The third kappa shape index (κ3) is 12.2. The Bertz CT molecular complexity index is 214. The van der Waals surface area contributed by atoms with Crippen LogP contribution < -0.4 is 0 Å². The molecule has 0 aliphatic heterocycles. The molecule has 0 spiro atoms. The highest BCUT2D eigenvalue weighted by Crippen LogP contribution is 2.09. The average Bonchev–Trinajstić information content (AvgIpc) is 2.35. The molecule has 0 aromatic carbocycles. The Labute approximate surface area is 118 Å². The van der Waals surface area contributed by atoms with E-state index < -0.39 is 12.1 Å². The average molecular weight is 272 g/mol. The summed E-state index contributed by atoms with van der Waals surface area (Å²) in [6, 6.07) is 0. The van der Waals surface area contributed by atoms with Crippen LogP contribution in [0.1, 0.15) is 78.6 Å². The van der Waals surface area contributed by atoms with Crippen LogP contribution in [0.15, 0.2) is 0 Å². The second-order valence-electron chi connectivity index (χ2n) is 5.79. The van der Waals surface area contributed by atoms with Gasteiger partial charge in [-0.2, -0.15) is 0 Å². The number of esters is 1. The van der Waals surface area contributed by atoms with E-state index in [1.54, 1.807) is 0 Å². The molecular formula is C16H32O3. The van der Waals surface area contributed by atoms with E-state index in [-0.39, 0.29) is 0 Å². The highest BCUT2D eigenvalue weighted by molar-refractivity contribution is 5.74. The van der Waals surface area contributed by atoms with E-state index >= 15 is 0 Å². The lowest BCUT2D eigenvalue weighted by atomic mass is 10.1. The lowest BCUT2D eigenvalue weighted by Crippen LogP contribution is -2.25.